The lowest BCUT2D eigenvalue weighted by Crippen LogP contribution is -2.15. The van der Waals surface area contributed by atoms with E-state index in [0.717, 1.165) is 65.3 Å². The lowest BCUT2D eigenvalue weighted by atomic mass is 10.0. The molecule has 1 aliphatic rings. The first-order chi connectivity index (χ1) is 19.4. The van der Waals surface area contributed by atoms with Gasteiger partial charge in [0.25, 0.3) is 0 Å². The van der Waals surface area contributed by atoms with Crippen molar-refractivity contribution in [3.05, 3.63) is 75.7 Å². The molecule has 5 rings (SSSR count). The fourth-order valence-corrected chi connectivity index (χ4v) is 7.05. The van der Waals surface area contributed by atoms with Gasteiger partial charge in [0.05, 0.1) is 23.6 Å². The predicted octanol–water partition coefficient (Wildman–Crippen LogP) is 7.99. The Hall–Kier alpha value is -3.36. The first kappa shape index (κ1) is 28.2. The van der Waals surface area contributed by atoms with Crippen molar-refractivity contribution in [3.63, 3.8) is 0 Å². The predicted molar refractivity (Wildman–Crippen MR) is 164 cm³/mol. The summed E-state index contributed by atoms with van der Waals surface area (Å²) in [6.07, 6.45) is 5.43. The molecule has 2 aromatic carbocycles. The number of ether oxygens (including phenoxy) is 1. The molecule has 0 spiro atoms. The lowest BCUT2D eigenvalue weighted by Gasteiger charge is -2.08. The molecule has 8 heteroatoms. The van der Waals surface area contributed by atoms with Crippen LogP contribution in [0.3, 0.4) is 0 Å². The van der Waals surface area contributed by atoms with E-state index in [4.69, 9.17) is 9.72 Å². The van der Waals surface area contributed by atoms with E-state index in [-0.39, 0.29) is 11.9 Å². The van der Waals surface area contributed by atoms with E-state index in [1.165, 1.54) is 39.1 Å². The Balaban J connectivity index is 1.30. The molecule has 6 nitrogen and oxygen atoms in total. The fourth-order valence-electron chi connectivity index (χ4n) is 4.95. The van der Waals surface area contributed by atoms with Crippen LogP contribution in [0.1, 0.15) is 64.5 Å². The van der Waals surface area contributed by atoms with Crippen LogP contribution < -0.4 is 5.32 Å². The van der Waals surface area contributed by atoms with Crippen molar-refractivity contribution in [3.8, 4) is 22.5 Å². The Bertz CT molecular complexity index is 1420. The standard InChI is InChI=1S/C32H35N3O3S2/c1-4-38-31(37)27-24-8-6-5-7-9-25(24)40-30(27)33-26(36)18-19-39-32-34-28(22-14-10-20(2)11-15-22)29(35-32)23-16-12-21(3)13-17-23/h10-17H,4-9,18-19H2,1-3H3,(H,33,36)(H,34,35). The van der Waals surface area contributed by atoms with Gasteiger partial charge in [-0.05, 0) is 52.0 Å². The maximum Gasteiger partial charge on any atom is 0.341 e. The van der Waals surface area contributed by atoms with Crippen molar-refractivity contribution in [1.29, 1.82) is 0 Å². The van der Waals surface area contributed by atoms with Crippen molar-refractivity contribution in [2.45, 2.75) is 64.5 Å². The minimum absolute atomic E-state index is 0.112. The fraction of sp³-hybridized carbons (Fsp3) is 0.344. The Morgan fingerprint density at radius 3 is 2.35 bits per heavy atom. The van der Waals surface area contributed by atoms with Gasteiger partial charge in [0.1, 0.15) is 5.00 Å². The molecule has 2 N–H and O–H groups in total. The number of H-pyrrole nitrogens is 1. The molecule has 1 amide bonds. The summed E-state index contributed by atoms with van der Waals surface area (Å²) in [5, 5.41) is 4.43. The first-order valence-corrected chi connectivity index (χ1v) is 15.7. The Morgan fingerprint density at radius 1 is 0.975 bits per heavy atom. The van der Waals surface area contributed by atoms with E-state index in [1.54, 1.807) is 0 Å². The van der Waals surface area contributed by atoms with Crippen molar-refractivity contribution in [2.75, 3.05) is 17.7 Å². The number of benzene rings is 2. The molecule has 0 radical (unpaired) electrons. The number of imidazole rings is 1. The smallest absolute Gasteiger partial charge is 0.341 e. The zero-order valence-electron chi connectivity index (χ0n) is 23.3. The van der Waals surface area contributed by atoms with Crippen molar-refractivity contribution in [1.82, 2.24) is 9.97 Å². The molecule has 0 saturated carbocycles. The number of thiophene rings is 1. The van der Waals surface area contributed by atoms with Gasteiger partial charge in [-0.25, -0.2) is 9.78 Å². The second kappa shape index (κ2) is 12.9. The summed E-state index contributed by atoms with van der Waals surface area (Å²) in [7, 11) is 0. The zero-order chi connectivity index (χ0) is 28.1. The number of aryl methyl sites for hydroxylation is 3. The molecule has 1 aliphatic carbocycles. The average molecular weight is 574 g/mol. The second-order valence-corrected chi connectivity index (χ2v) is 12.3. The summed E-state index contributed by atoms with van der Waals surface area (Å²) in [4.78, 5) is 35.4. The summed E-state index contributed by atoms with van der Waals surface area (Å²) in [5.41, 5.74) is 8.01. The third-order valence-corrected chi connectivity index (χ3v) is 9.15. The second-order valence-electron chi connectivity index (χ2n) is 10.1. The van der Waals surface area contributed by atoms with Crippen molar-refractivity contribution < 1.29 is 14.3 Å². The van der Waals surface area contributed by atoms with Crippen LogP contribution in [-0.2, 0) is 22.4 Å². The summed E-state index contributed by atoms with van der Waals surface area (Å²) in [6, 6.07) is 16.8. The Morgan fingerprint density at radius 2 is 1.65 bits per heavy atom. The van der Waals surface area contributed by atoms with Crippen LogP contribution in [0.5, 0.6) is 0 Å². The highest BCUT2D eigenvalue weighted by atomic mass is 32.2. The summed E-state index contributed by atoms with van der Waals surface area (Å²) in [5.74, 6) is 0.104. The van der Waals surface area contributed by atoms with Crippen LogP contribution in [0.15, 0.2) is 53.7 Å². The highest BCUT2D eigenvalue weighted by molar-refractivity contribution is 7.99. The first-order valence-electron chi connectivity index (χ1n) is 13.9. The van der Waals surface area contributed by atoms with Crippen LogP contribution in [0.4, 0.5) is 5.00 Å². The third kappa shape index (κ3) is 6.50. The topological polar surface area (TPSA) is 84.1 Å². The van der Waals surface area contributed by atoms with Gasteiger partial charge >= 0.3 is 5.97 Å². The van der Waals surface area contributed by atoms with Gasteiger partial charge in [-0.2, -0.15) is 0 Å². The number of carbonyl (C=O) groups is 2. The minimum atomic E-state index is -0.338. The highest BCUT2D eigenvalue weighted by Gasteiger charge is 2.26. The Kier molecular flexibility index (Phi) is 9.07. The summed E-state index contributed by atoms with van der Waals surface area (Å²) >= 11 is 3.05. The van der Waals surface area contributed by atoms with Gasteiger partial charge in [0, 0.05) is 28.2 Å². The van der Waals surface area contributed by atoms with E-state index in [9.17, 15) is 9.59 Å². The molecule has 2 heterocycles. The molecule has 0 bridgehead atoms. The number of nitrogens with one attached hydrogen (secondary N) is 2. The number of fused-ring (bicyclic) bond motifs is 1. The molecule has 4 aromatic rings. The number of aromatic amines is 1. The largest absolute Gasteiger partial charge is 0.462 e. The number of aromatic nitrogens is 2. The Labute approximate surface area is 244 Å². The van der Waals surface area contributed by atoms with Crippen LogP contribution in [0, 0.1) is 13.8 Å². The number of amides is 1. The van der Waals surface area contributed by atoms with Gasteiger partial charge in [-0.3, -0.25) is 4.79 Å². The molecule has 0 saturated heterocycles. The van der Waals surface area contributed by atoms with Gasteiger partial charge < -0.3 is 15.0 Å². The number of anilines is 1. The number of hydrogen-bond donors (Lipinski definition) is 2. The quantitative estimate of drug-likeness (QED) is 0.120. The van der Waals surface area contributed by atoms with Crippen LogP contribution >= 0.6 is 23.1 Å². The normalized spacial score (nSPS) is 13.0. The third-order valence-electron chi connectivity index (χ3n) is 7.07. The van der Waals surface area contributed by atoms with Crippen LogP contribution in [-0.4, -0.2) is 34.2 Å². The SMILES string of the molecule is CCOC(=O)c1c(NC(=O)CCSc2nc(-c3ccc(C)cc3)c(-c3ccc(C)cc3)[nH]2)sc2c1CCCCC2. The van der Waals surface area contributed by atoms with Crippen molar-refractivity contribution >= 4 is 40.0 Å². The number of carbonyl (C=O) groups excluding carboxylic acids is 2. The summed E-state index contributed by atoms with van der Waals surface area (Å²) < 4.78 is 5.35. The van der Waals surface area contributed by atoms with E-state index >= 15 is 0 Å². The van der Waals surface area contributed by atoms with E-state index < -0.39 is 0 Å². The van der Waals surface area contributed by atoms with Gasteiger partial charge in [0.15, 0.2) is 5.16 Å². The van der Waals surface area contributed by atoms with Crippen molar-refractivity contribution in [2.24, 2.45) is 0 Å². The van der Waals surface area contributed by atoms with E-state index in [1.807, 2.05) is 6.92 Å². The van der Waals surface area contributed by atoms with Gasteiger partial charge in [0.2, 0.25) is 5.91 Å². The molecular formula is C32H35N3O3S2. The number of hydrogen-bond acceptors (Lipinski definition) is 6. The van der Waals surface area contributed by atoms with Crippen LogP contribution in [0.2, 0.25) is 0 Å². The van der Waals surface area contributed by atoms with E-state index in [0.29, 0.717) is 29.3 Å². The molecule has 0 aliphatic heterocycles. The monoisotopic (exact) mass is 573 g/mol. The zero-order valence-corrected chi connectivity index (χ0v) is 24.9. The molecule has 2 aromatic heterocycles. The molecule has 208 valence electrons. The molecule has 0 fully saturated rings. The molecule has 40 heavy (non-hydrogen) atoms. The molecule has 0 unspecified atom stereocenters. The number of thioether (sulfide) groups is 1. The maximum atomic E-state index is 13.0. The maximum absolute atomic E-state index is 13.0. The number of esters is 1. The number of nitrogens with zero attached hydrogens (tertiary/aromatic N) is 1. The summed E-state index contributed by atoms with van der Waals surface area (Å²) in [6.45, 7) is 6.27. The highest BCUT2D eigenvalue weighted by Crippen LogP contribution is 2.38. The molecule has 0 atom stereocenters. The average Bonchev–Trinajstić information content (AvgIpc) is 3.43. The van der Waals surface area contributed by atoms with Gasteiger partial charge in [-0.1, -0.05) is 77.8 Å². The lowest BCUT2D eigenvalue weighted by molar-refractivity contribution is -0.115. The minimum Gasteiger partial charge on any atom is -0.462 e. The molecular weight excluding hydrogens is 539 g/mol. The van der Waals surface area contributed by atoms with Crippen LogP contribution in [0.25, 0.3) is 22.5 Å². The van der Waals surface area contributed by atoms with Gasteiger partial charge in [-0.15, -0.1) is 11.3 Å². The van der Waals surface area contributed by atoms with E-state index in [2.05, 4.69) is 72.7 Å². The number of rotatable bonds is 9.